The topological polar surface area (TPSA) is 39.7 Å². The summed E-state index contributed by atoms with van der Waals surface area (Å²) in [5.41, 5.74) is 0.339. The second kappa shape index (κ2) is 5.32. The van der Waals surface area contributed by atoms with E-state index in [9.17, 15) is 0 Å². The van der Waals surface area contributed by atoms with E-state index < -0.39 is 0 Å². The molecule has 0 aromatic rings. The molecule has 0 bridgehead atoms. The van der Waals surface area contributed by atoms with Gasteiger partial charge in [-0.25, -0.2) is 0 Å². The highest BCUT2D eigenvalue weighted by atomic mass is 16.5. The molecule has 3 atom stereocenters. The highest BCUT2D eigenvalue weighted by Gasteiger charge is 2.59. The van der Waals surface area contributed by atoms with Crippen LogP contribution in [0.25, 0.3) is 0 Å². The Morgan fingerprint density at radius 1 is 1.32 bits per heavy atom. The van der Waals surface area contributed by atoms with Gasteiger partial charge >= 0.3 is 0 Å². The molecule has 1 saturated heterocycles. The molecule has 4 heteroatoms. The molecular formula is C15H27NO3. The molecule has 1 aliphatic heterocycles. The van der Waals surface area contributed by atoms with Crippen molar-refractivity contribution in [3.8, 4) is 0 Å². The van der Waals surface area contributed by atoms with Gasteiger partial charge in [0.25, 0.3) is 0 Å². The highest BCUT2D eigenvalue weighted by molar-refractivity contribution is 5.12. The number of methoxy groups -OCH3 is 1. The van der Waals surface area contributed by atoms with Crippen LogP contribution in [0.4, 0.5) is 0 Å². The van der Waals surface area contributed by atoms with E-state index in [0.29, 0.717) is 17.6 Å². The molecule has 3 rings (SSSR count). The summed E-state index contributed by atoms with van der Waals surface area (Å²) in [6.45, 7) is 5.41. The van der Waals surface area contributed by atoms with Gasteiger partial charge in [-0.3, -0.25) is 0 Å². The lowest BCUT2D eigenvalue weighted by Crippen LogP contribution is -2.68. The molecule has 4 nitrogen and oxygen atoms in total. The minimum Gasteiger partial charge on any atom is -0.378 e. The quantitative estimate of drug-likeness (QED) is 0.797. The van der Waals surface area contributed by atoms with E-state index in [1.165, 1.54) is 19.3 Å². The smallest absolute Gasteiger partial charge is 0.106 e. The summed E-state index contributed by atoms with van der Waals surface area (Å²) >= 11 is 0. The molecule has 0 amide bonds. The summed E-state index contributed by atoms with van der Waals surface area (Å²) in [7, 11) is 1.80. The first-order valence-corrected chi connectivity index (χ1v) is 7.73. The lowest BCUT2D eigenvalue weighted by atomic mass is 9.51. The van der Waals surface area contributed by atoms with Crippen molar-refractivity contribution in [1.82, 2.24) is 5.32 Å². The Balaban J connectivity index is 1.53. The lowest BCUT2D eigenvalue weighted by Gasteiger charge is -2.61. The summed E-state index contributed by atoms with van der Waals surface area (Å²) in [4.78, 5) is 0. The normalized spacial score (nSPS) is 40.1. The Labute approximate surface area is 116 Å². The van der Waals surface area contributed by atoms with Crippen LogP contribution in [0, 0.1) is 5.41 Å². The maximum Gasteiger partial charge on any atom is 0.106 e. The van der Waals surface area contributed by atoms with Crippen LogP contribution in [0.1, 0.15) is 39.0 Å². The summed E-state index contributed by atoms with van der Waals surface area (Å²) in [5.74, 6) is 0. The molecule has 3 unspecified atom stereocenters. The van der Waals surface area contributed by atoms with Crippen molar-refractivity contribution in [2.45, 2.75) is 56.8 Å². The largest absolute Gasteiger partial charge is 0.378 e. The first-order valence-electron chi connectivity index (χ1n) is 7.73. The van der Waals surface area contributed by atoms with E-state index >= 15 is 0 Å². The average molecular weight is 269 g/mol. The van der Waals surface area contributed by atoms with Crippen LogP contribution in [0.3, 0.4) is 0 Å². The van der Waals surface area contributed by atoms with Crippen molar-refractivity contribution >= 4 is 0 Å². The Morgan fingerprint density at radius 3 is 2.68 bits per heavy atom. The average Bonchev–Trinajstić information content (AvgIpc) is 2.80. The van der Waals surface area contributed by atoms with Gasteiger partial charge in [0.15, 0.2) is 0 Å². The molecule has 2 saturated carbocycles. The van der Waals surface area contributed by atoms with Crippen LogP contribution in [-0.2, 0) is 14.2 Å². The first kappa shape index (κ1) is 13.8. The van der Waals surface area contributed by atoms with E-state index in [1.54, 1.807) is 7.11 Å². The van der Waals surface area contributed by atoms with E-state index in [2.05, 4.69) is 12.2 Å². The lowest BCUT2D eigenvalue weighted by molar-refractivity contribution is -0.175. The molecule has 1 heterocycles. The van der Waals surface area contributed by atoms with Crippen molar-refractivity contribution in [1.29, 1.82) is 0 Å². The molecule has 3 fully saturated rings. The number of hydrogen-bond acceptors (Lipinski definition) is 4. The van der Waals surface area contributed by atoms with Gasteiger partial charge in [-0.15, -0.1) is 0 Å². The molecular weight excluding hydrogens is 242 g/mol. The summed E-state index contributed by atoms with van der Waals surface area (Å²) in [6.07, 6.45) is 6.67. The molecule has 19 heavy (non-hydrogen) atoms. The number of nitrogens with one attached hydrogen (secondary N) is 1. The second-order valence-corrected chi connectivity index (χ2v) is 6.39. The first-order chi connectivity index (χ1) is 9.25. The van der Waals surface area contributed by atoms with Crippen molar-refractivity contribution in [2.75, 3.05) is 33.5 Å². The SMILES string of the molecule is CCOC1CC(NCC2(OC)CCOC2)C12CCC2. The monoisotopic (exact) mass is 269 g/mol. The Hall–Kier alpha value is -0.160. The third-order valence-electron chi connectivity index (χ3n) is 5.61. The fourth-order valence-corrected chi connectivity index (χ4v) is 3.99. The van der Waals surface area contributed by atoms with Gasteiger partial charge in [-0.1, -0.05) is 6.42 Å². The zero-order valence-corrected chi connectivity index (χ0v) is 12.2. The molecule has 3 aliphatic rings. The highest BCUT2D eigenvalue weighted by Crippen LogP contribution is 2.57. The predicted octanol–water partition coefficient (Wildman–Crippen LogP) is 1.73. The van der Waals surface area contributed by atoms with Gasteiger partial charge in [0, 0.05) is 44.7 Å². The minimum atomic E-state index is -0.0956. The molecule has 0 radical (unpaired) electrons. The van der Waals surface area contributed by atoms with Crippen LogP contribution in [0.5, 0.6) is 0 Å². The second-order valence-electron chi connectivity index (χ2n) is 6.39. The fourth-order valence-electron chi connectivity index (χ4n) is 3.99. The number of rotatable bonds is 6. The van der Waals surface area contributed by atoms with E-state index in [1.807, 2.05) is 0 Å². The maximum absolute atomic E-state index is 5.89. The van der Waals surface area contributed by atoms with Crippen molar-refractivity contribution in [3.05, 3.63) is 0 Å². The van der Waals surface area contributed by atoms with Gasteiger partial charge in [0.1, 0.15) is 5.60 Å². The van der Waals surface area contributed by atoms with Gasteiger partial charge in [0.2, 0.25) is 0 Å². The predicted molar refractivity (Wildman–Crippen MR) is 73.3 cm³/mol. The summed E-state index contributed by atoms with van der Waals surface area (Å²) < 4.78 is 17.1. The van der Waals surface area contributed by atoms with Crippen LogP contribution >= 0.6 is 0 Å². The van der Waals surface area contributed by atoms with Crippen LogP contribution in [0.15, 0.2) is 0 Å². The van der Waals surface area contributed by atoms with E-state index in [4.69, 9.17) is 14.2 Å². The Morgan fingerprint density at radius 2 is 2.16 bits per heavy atom. The number of ether oxygens (including phenoxy) is 3. The van der Waals surface area contributed by atoms with Crippen LogP contribution in [-0.4, -0.2) is 51.2 Å². The van der Waals surface area contributed by atoms with E-state index in [0.717, 1.165) is 39.2 Å². The Kier molecular flexibility index (Phi) is 3.87. The molecule has 1 spiro atoms. The number of hydrogen-bond donors (Lipinski definition) is 1. The molecule has 1 N–H and O–H groups in total. The van der Waals surface area contributed by atoms with Crippen molar-refractivity contribution in [3.63, 3.8) is 0 Å². The molecule has 110 valence electrons. The minimum absolute atomic E-state index is 0.0956. The van der Waals surface area contributed by atoms with Crippen LogP contribution < -0.4 is 5.32 Å². The molecule has 0 aromatic heterocycles. The van der Waals surface area contributed by atoms with E-state index in [-0.39, 0.29) is 5.60 Å². The van der Waals surface area contributed by atoms with Crippen molar-refractivity contribution < 1.29 is 14.2 Å². The maximum atomic E-state index is 5.89. The summed E-state index contributed by atoms with van der Waals surface area (Å²) in [6, 6.07) is 0.616. The van der Waals surface area contributed by atoms with Crippen molar-refractivity contribution in [2.24, 2.45) is 5.41 Å². The van der Waals surface area contributed by atoms with Gasteiger partial charge in [0.05, 0.1) is 12.7 Å². The zero-order valence-electron chi connectivity index (χ0n) is 12.2. The molecule has 0 aromatic carbocycles. The summed E-state index contributed by atoms with van der Waals surface area (Å²) in [5, 5.41) is 3.75. The third-order valence-corrected chi connectivity index (χ3v) is 5.61. The third kappa shape index (κ3) is 2.23. The van der Waals surface area contributed by atoms with Crippen LogP contribution in [0.2, 0.25) is 0 Å². The fraction of sp³-hybridized carbons (Fsp3) is 1.00. The van der Waals surface area contributed by atoms with Gasteiger partial charge < -0.3 is 19.5 Å². The van der Waals surface area contributed by atoms with Gasteiger partial charge in [-0.2, -0.15) is 0 Å². The Bertz CT molecular complexity index is 311. The van der Waals surface area contributed by atoms with Gasteiger partial charge in [-0.05, 0) is 26.2 Å². The zero-order chi connectivity index (χ0) is 13.3. The standard InChI is InChI=1S/C15H27NO3/c1-3-19-13-9-12(15(13)5-4-6-15)16-10-14(17-2)7-8-18-11-14/h12-13,16H,3-11H2,1-2H3. The molecule has 2 aliphatic carbocycles.